The number of hydrogen-bond acceptors (Lipinski definition) is 3. The Hall–Kier alpha value is -2.33. The molecule has 0 saturated carbocycles. The zero-order valence-electron chi connectivity index (χ0n) is 13.3. The summed E-state index contributed by atoms with van der Waals surface area (Å²) >= 11 is 3.47. The van der Waals surface area contributed by atoms with Gasteiger partial charge in [0.25, 0.3) is 0 Å². The summed E-state index contributed by atoms with van der Waals surface area (Å²) in [5.41, 5.74) is 6.79. The molecular formula is C20H17BrN2O. The Morgan fingerprint density at radius 3 is 2.54 bits per heavy atom. The molecule has 1 atom stereocenters. The summed E-state index contributed by atoms with van der Waals surface area (Å²) in [4.78, 5) is 0. The maximum absolute atomic E-state index is 5.29. The summed E-state index contributed by atoms with van der Waals surface area (Å²) < 4.78 is 6.37. The highest BCUT2D eigenvalue weighted by molar-refractivity contribution is 9.10. The Labute approximate surface area is 149 Å². The third-order valence-corrected chi connectivity index (χ3v) is 4.93. The predicted octanol–water partition coefficient (Wildman–Crippen LogP) is 5.05. The fourth-order valence-corrected chi connectivity index (χ4v) is 3.31. The van der Waals surface area contributed by atoms with Crippen molar-refractivity contribution in [3.8, 4) is 5.75 Å². The SMILES string of the molecule is COc1ccc2cc(C3CC(c4ccc(Br)cc4)=NN3)ccc2c1. The first-order valence-corrected chi connectivity index (χ1v) is 8.68. The van der Waals surface area contributed by atoms with Crippen molar-refractivity contribution in [2.24, 2.45) is 5.10 Å². The van der Waals surface area contributed by atoms with Crippen LogP contribution in [0.3, 0.4) is 0 Å². The van der Waals surface area contributed by atoms with E-state index in [1.807, 2.05) is 6.07 Å². The van der Waals surface area contributed by atoms with E-state index in [0.717, 1.165) is 22.4 Å². The van der Waals surface area contributed by atoms with Crippen LogP contribution >= 0.6 is 15.9 Å². The van der Waals surface area contributed by atoms with Gasteiger partial charge >= 0.3 is 0 Å². The van der Waals surface area contributed by atoms with Gasteiger partial charge in [-0.3, -0.25) is 0 Å². The predicted molar refractivity (Wildman–Crippen MR) is 102 cm³/mol. The molecule has 0 amide bonds. The van der Waals surface area contributed by atoms with E-state index in [4.69, 9.17) is 4.74 Å². The van der Waals surface area contributed by atoms with Gasteiger partial charge in [0.15, 0.2) is 0 Å². The van der Waals surface area contributed by atoms with E-state index in [9.17, 15) is 0 Å². The monoisotopic (exact) mass is 380 g/mol. The van der Waals surface area contributed by atoms with Crippen LogP contribution in [0.25, 0.3) is 10.8 Å². The average Bonchev–Trinajstić information content (AvgIpc) is 3.11. The van der Waals surface area contributed by atoms with Gasteiger partial charge in [0.2, 0.25) is 0 Å². The highest BCUT2D eigenvalue weighted by atomic mass is 79.9. The number of halogens is 1. The van der Waals surface area contributed by atoms with Gasteiger partial charge in [-0.1, -0.05) is 46.3 Å². The number of nitrogens with one attached hydrogen (secondary N) is 1. The maximum atomic E-state index is 5.29. The second-order valence-corrected chi connectivity index (χ2v) is 6.84. The van der Waals surface area contributed by atoms with Crippen molar-refractivity contribution in [3.63, 3.8) is 0 Å². The van der Waals surface area contributed by atoms with Crippen LogP contribution in [-0.4, -0.2) is 12.8 Å². The minimum atomic E-state index is 0.218. The van der Waals surface area contributed by atoms with Gasteiger partial charge in [0, 0.05) is 10.9 Å². The van der Waals surface area contributed by atoms with Gasteiger partial charge in [-0.2, -0.15) is 5.10 Å². The first-order valence-electron chi connectivity index (χ1n) is 7.89. The molecule has 0 spiro atoms. The van der Waals surface area contributed by atoms with Gasteiger partial charge in [0.1, 0.15) is 5.75 Å². The van der Waals surface area contributed by atoms with Crippen LogP contribution < -0.4 is 10.2 Å². The Bertz CT molecular complexity index is 919. The molecule has 0 radical (unpaired) electrons. The second-order valence-electron chi connectivity index (χ2n) is 5.92. The highest BCUT2D eigenvalue weighted by Gasteiger charge is 2.21. The van der Waals surface area contributed by atoms with Crippen molar-refractivity contribution in [1.82, 2.24) is 5.43 Å². The quantitative estimate of drug-likeness (QED) is 0.689. The van der Waals surface area contributed by atoms with Crippen LogP contribution in [0.5, 0.6) is 5.75 Å². The summed E-state index contributed by atoms with van der Waals surface area (Å²) in [7, 11) is 1.69. The zero-order valence-corrected chi connectivity index (χ0v) is 14.9. The molecule has 1 unspecified atom stereocenters. The lowest BCUT2D eigenvalue weighted by Crippen LogP contribution is -2.09. The molecule has 0 aliphatic carbocycles. The fourth-order valence-electron chi connectivity index (χ4n) is 3.04. The minimum absolute atomic E-state index is 0.218. The second kappa shape index (κ2) is 6.29. The van der Waals surface area contributed by atoms with E-state index in [-0.39, 0.29) is 6.04 Å². The first-order chi connectivity index (χ1) is 11.7. The molecule has 3 nitrogen and oxygen atoms in total. The lowest BCUT2D eigenvalue weighted by Gasteiger charge is -2.12. The van der Waals surface area contributed by atoms with Crippen LogP contribution in [0.4, 0.5) is 0 Å². The molecule has 0 aromatic heterocycles. The van der Waals surface area contributed by atoms with Crippen LogP contribution in [-0.2, 0) is 0 Å². The minimum Gasteiger partial charge on any atom is -0.497 e. The molecule has 24 heavy (non-hydrogen) atoms. The Balaban J connectivity index is 1.57. The van der Waals surface area contributed by atoms with E-state index >= 15 is 0 Å². The molecule has 4 rings (SSSR count). The van der Waals surface area contributed by atoms with Crippen LogP contribution in [0.1, 0.15) is 23.6 Å². The molecule has 4 heteroatoms. The number of ether oxygens (including phenoxy) is 1. The van der Waals surface area contributed by atoms with Crippen molar-refractivity contribution in [2.45, 2.75) is 12.5 Å². The molecular weight excluding hydrogens is 364 g/mol. The Morgan fingerprint density at radius 2 is 1.75 bits per heavy atom. The maximum Gasteiger partial charge on any atom is 0.119 e. The Morgan fingerprint density at radius 1 is 1.00 bits per heavy atom. The molecule has 1 aliphatic heterocycles. The van der Waals surface area contributed by atoms with Crippen molar-refractivity contribution < 1.29 is 4.74 Å². The van der Waals surface area contributed by atoms with E-state index in [1.54, 1.807) is 7.11 Å². The van der Waals surface area contributed by atoms with Crippen LogP contribution in [0.15, 0.2) is 70.2 Å². The Kier molecular flexibility index (Phi) is 3.98. The number of benzene rings is 3. The summed E-state index contributed by atoms with van der Waals surface area (Å²) in [6.07, 6.45) is 0.892. The van der Waals surface area contributed by atoms with E-state index < -0.39 is 0 Å². The molecule has 3 aromatic rings. The number of methoxy groups -OCH3 is 1. The zero-order chi connectivity index (χ0) is 16.5. The fraction of sp³-hybridized carbons (Fsp3) is 0.150. The summed E-state index contributed by atoms with van der Waals surface area (Å²) in [6, 6.07) is 21.2. The topological polar surface area (TPSA) is 33.6 Å². The molecule has 1 N–H and O–H groups in total. The van der Waals surface area contributed by atoms with Crippen LogP contribution in [0.2, 0.25) is 0 Å². The van der Waals surface area contributed by atoms with Gasteiger partial charge < -0.3 is 10.2 Å². The lowest BCUT2D eigenvalue weighted by atomic mass is 9.97. The van der Waals surface area contributed by atoms with Crippen LogP contribution in [0, 0.1) is 0 Å². The average molecular weight is 381 g/mol. The number of fused-ring (bicyclic) bond motifs is 1. The molecule has 0 fully saturated rings. The number of rotatable bonds is 3. The summed E-state index contributed by atoms with van der Waals surface area (Å²) in [5.74, 6) is 0.884. The van der Waals surface area contributed by atoms with E-state index in [2.05, 4.69) is 81.1 Å². The molecule has 3 aromatic carbocycles. The third kappa shape index (κ3) is 2.89. The van der Waals surface area contributed by atoms with Gasteiger partial charge in [0.05, 0.1) is 18.9 Å². The van der Waals surface area contributed by atoms with Crippen molar-refractivity contribution in [3.05, 3.63) is 76.3 Å². The number of hydrazone groups is 1. The number of nitrogens with zero attached hydrogens (tertiary/aromatic N) is 1. The van der Waals surface area contributed by atoms with Gasteiger partial charge in [-0.15, -0.1) is 0 Å². The first kappa shape index (κ1) is 15.2. The molecule has 120 valence electrons. The largest absolute Gasteiger partial charge is 0.497 e. The highest BCUT2D eigenvalue weighted by Crippen LogP contribution is 2.29. The molecule has 0 bridgehead atoms. The number of hydrogen-bond donors (Lipinski definition) is 1. The van der Waals surface area contributed by atoms with Gasteiger partial charge in [-0.05, 0) is 52.2 Å². The summed E-state index contributed by atoms with van der Waals surface area (Å²) in [5, 5.41) is 6.93. The normalized spacial score (nSPS) is 16.8. The molecule has 1 aliphatic rings. The van der Waals surface area contributed by atoms with Crippen molar-refractivity contribution >= 4 is 32.4 Å². The molecule has 0 saturated heterocycles. The van der Waals surface area contributed by atoms with Gasteiger partial charge in [-0.25, -0.2) is 0 Å². The van der Waals surface area contributed by atoms with Crippen molar-refractivity contribution in [2.75, 3.05) is 7.11 Å². The smallest absolute Gasteiger partial charge is 0.119 e. The lowest BCUT2D eigenvalue weighted by molar-refractivity contribution is 0.415. The molecule has 1 heterocycles. The van der Waals surface area contributed by atoms with Crippen molar-refractivity contribution in [1.29, 1.82) is 0 Å². The van der Waals surface area contributed by atoms with E-state index in [0.29, 0.717) is 0 Å². The third-order valence-electron chi connectivity index (χ3n) is 4.40. The summed E-state index contributed by atoms with van der Waals surface area (Å²) in [6.45, 7) is 0. The van der Waals surface area contributed by atoms with E-state index in [1.165, 1.54) is 21.9 Å². The standard InChI is InChI=1S/C20H17BrN2O/c1-24-18-9-6-14-10-16(3-2-15(14)11-18)20-12-19(22-23-20)13-4-7-17(21)8-5-13/h2-11,20,23H,12H2,1H3.